The van der Waals surface area contributed by atoms with Crippen molar-refractivity contribution in [1.82, 2.24) is 4.90 Å². The zero-order valence-corrected chi connectivity index (χ0v) is 17.0. The molecule has 0 radical (unpaired) electrons. The molecule has 2 aliphatic rings. The average molecular weight is 396 g/mol. The highest BCUT2D eigenvalue weighted by molar-refractivity contribution is 5.98. The number of carbonyl (C=O) groups is 3. The molecule has 1 aromatic carbocycles. The maximum absolute atomic E-state index is 12.4. The molecule has 154 valence electrons. The Morgan fingerprint density at radius 2 is 1.79 bits per heavy atom. The van der Waals surface area contributed by atoms with Crippen molar-refractivity contribution < 1.29 is 19.1 Å². The molecule has 0 N–H and O–H groups in total. The number of nitriles is 1. The molecule has 1 amide bonds. The third kappa shape index (κ3) is 4.84. The van der Waals surface area contributed by atoms with Gasteiger partial charge in [-0.15, -0.1) is 0 Å². The molecule has 0 heterocycles. The highest BCUT2D eigenvalue weighted by atomic mass is 16.5. The van der Waals surface area contributed by atoms with Gasteiger partial charge in [0, 0.05) is 19.0 Å². The Morgan fingerprint density at radius 1 is 1.07 bits per heavy atom. The molecule has 2 aliphatic carbocycles. The van der Waals surface area contributed by atoms with Crippen molar-refractivity contribution in [2.75, 3.05) is 13.7 Å². The van der Waals surface area contributed by atoms with Crippen LogP contribution in [0.25, 0.3) is 0 Å². The van der Waals surface area contributed by atoms with Crippen molar-refractivity contribution in [3.8, 4) is 6.07 Å². The van der Waals surface area contributed by atoms with Crippen LogP contribution in [0.2, 0.25) is 0 Å². The van der Waals surface area contributed by atoms with Crippen LogP contribution in [-0.4, -0.2) is 41.8 Å². The minimum Gasteiger partial charge on any atom is -0.456 e. The maximum atomic E-state index is 12.4. The third-order valence-electron chi connectivity index (χ3n) is 6.24. The minimum absolute atomic E-state index is 0.0592. The average Bonchev–Trinajstić information content (AvgIpc) is 3.23. The summed E-state index contributed by atoms with van der Waals surface area (Å²) in [7, 11) is 1.60. The van der Waals surface area contributed by atoms with Gasteiger partial charge in [0.2, 0.25) is 0 Å². The number of likely N-dealkylation sites (N-methyl/N-ethyl adjacent to an activating group) is 1. The van der Waals surface area contributed by atoms with Crippen LogP contribution in [0.15, 0.2) is 18.2 Å². The van der Waals surface area contributed by atoms with E-state index in [1.807, 2.05) is 18.2 Å². The highest BCUT2D eigenvalue weighted by Gasteiger charge is 2.39. The number of ketones is 1. The van der Waals surface area contributed by atoms with Crippen LogP contribution in [0.1, 0.15) is 72.9 Å². The molecule has 0 atom stereocenters. The lowest BCUT2D eigenvalue weighted by atomic mass is 9.81. The molecule has 0 aliphatic heterocycles. The second kappa shape index (κ2) is 9.21. The molecule has 1 aromatic rings. The van der Waals surface area contributed by atoms with E-state index in [4.69, 9.17) is 4.74 Å². The molecular weight excluding hydrogens is 368 g/mol. The minimum atomic E-state index is -0.800. The monoisotopic (exact) mass is 396 g/mol. The second-order valence-corrected chi connectivity index (χ2v) is 8.08. The number of ether oxygens (including phenoxy) is 1. The summed E-state index contributed by atoms with van der Waals surface area (Å²) in [6.07, 6.45) is 7.37. The SMILES string of the molecule is CN(C(=O)COC(=O)CCC(=O)c1ccc2c(c1)CCC2)C1(C#N)CCCCC1. The molecule has 0 saturated heterocycles. The quantitative estimate of drug-likeness (QED) is 0.521. The van der Waals surface area contributed by atoms with Gasteiger partial charge in [-0.1, -0.05) is 31.4 Å². The zero-order valence-electron chi connectivity index (χ0n) is 17.0. The van der Waals surface area contributed by atoms with E-state index >= 15 is 0 Å². The van der Waals surface area contributed by atoms with Crippen molar-refractivity contribution >= 4 is 17.7 Å². The number of rotatable bonds is 7. The van der Waals surface area contributed by atoms with Crippen LogP contribution >= 0.6 is 0 Å². The van der Waals surface area contributed by atoms with E-state index in [1.54, 1.807) is 7.05 Å². The molecule has 1 saturated carbocycles. The standard InChI is InChI=1S/C23H28N2O4/c1-25(23(16-24)12-3-2-4-13-23)21(27)15-29-22(28)11-10-20(26)19-9-8-17-6-5-7-18(17)14-19/h8-9,14H,2-7,10-13,15H2,1H3. The number of amides is 1. The van der Waals surface area contributed by atoms with Crippen molar-refractivity contribution in [3.63, 3.8) is 0 Å². The Bertz CT molecular complexity index is 834. The van der Waals surface area contributed by atoms with Gasteiger partial charge < -0.3 is 9.64 Å². The fraction of sp³-hybridized carbons (Fsp3) is 0.565. The van der Waals surface area contributed by atoms with Gasteiger partial charge in [-0.25, -0.2) is 0 Å². The van der Waals surface area contributed by atoms with Gasteiger partial charge in [0.25, 0.3) is 5.91 Å². The van der Waals surface area contributed by atoms with Crippen LogP contribution in [0, 0.1) is 11.3 Å². The number of benzene rings is 1. The second-order valence-electron chi connectivity index (χ2n) is 8.08. The molecule has 6 heteroatoms. The van der Waals surface area contributed by atoms with Crippen LogP contribution < -0.4 is 0 Å². The number of fused-ring (bicyclic) bond motifs is 1. The first kappa shape index (κ1) is 21.0. The number of carbonyl (C=O) groups excluding carboxylic acids is 3. The van der Waals surface area contributed by atoms with Gasteiger partial charge >= 0.3 is 5.97 Å². The van der Waals surface area contributed by atoms with E-state index in [-0.39, 0.29) is 24.5 Å². The van der Waals surface area contributed by atoms with Gasteiger partial charge in [0.15, 0.2) is 12.4 Å². The van der Waals surface area contributed by atoms with Crippen molar-refractivity contribution in [2.24, 2.45) is 0 Å². The van der Waals surface area contributed by atoms with E-state index in [2.05, 4.69) is 6.07 Å². The fourth-order valence-electron chi connectivity index (χ4n) is 4.31. The predicted molar refractivity (Wildman–Crippen MR) is 107 cm³/mol. The summed E-state index contributed by atoms with van der Waals surface area (Å²) in [5.41, 5.74) is 2.35. The topological polar surface area (TPSA) is 87.5 Å². The van der Waals surface area contributed by atoms with E-state index in [0.29, 0.717) is 18.4 Å². The Kier molecular flexibility index (Phi) is 6.68. The Morgan fingerprint density at radius 3 is 2.52 bits per heavy atom. The molecule has 0 bridgehead atoms. The largest absolute Gasteiger partial charge is 0.456 e. The zero-order chi connectivity index (χ0) is 20.9. The van der Waals surface area contributed by atoms with Gasteiger partial charge in [-0.2, -0.15) is 5.26 Å². The number of nitrogens with zero attached hydrogens (tertiary/aromatic N) is 2. The first-order valence-corrected chi connectivity index (χ1v) is 10.4. The normalized spacial score (nSPS) is 17.1. The summed E-state index contributed by atoms with van der Waals surface area (Å²) in [6, 6.07) is 8.03. The summed E-state index contributed by atoms with van der Waals surface area (Å²) in [5, 5.41) is 9.56. The third-order valence-corrected chi connectivity index (χ3v) is 6.24. The highest BCUT2D eigenvalue weighted by Crippen LogP contribution is 2.32. The Labute approximate surface area is 171 Å². The summed E-state index contributed by atoms with van der Waals surface area (Å²) in [6.45, 7) is -0.397. The van der Waals surface area contributed by atoms with Crippen LogP contribution in [0.5, 0.6) is 0 Å². The lowest BCUT2D eigenvalue weighted by Gasteiger charge is -2.38. The molecule has 0 aromatic heterocycles. The summed E-state index contributed by atoms with van der Waals surface area (Å²) in [4.78, 5) is 38.2. The molecule has 3 rings (SSSR count). The van der Waals surface area contributed by atoms with Crippen molar-refractivity contribution in [3.05, 3.63) is 34.9 Å². The molecule has 0 spiro atoms. The number of hydrogen-bond donors (Lipinski definition) is 0. The lowest BCUT2D eigenvalue weighted by molar-refractivity contribution is -0.153. The fourth-order valence-corrected chi connectivity index (χ4v) is 4.31. The number of hydrogen-bond acceptors (Lipinski definition) is 5. The maximum Gasteiger partial charge on any atom is 0.306 e. The van der Waals surface area contributed by atoms with Crippen LogP contribution in [0.4, 0.5) is 0 Å². The van der Waals surface area contributed by atoms with Crippen molar-refractivity contribution in [2.45, 2.75) is 69.7 Å². The van der Waals surface area contributed by atoms with Crippen LogP contribution in [-0.2, 0) is 27.2 Å². The molecular formula is C23H28N2O4. The molecule has 29 heavy (non-hydrogen) atoms. The first-order chi connectivity index (χ1) is 13.9. The smallest absolute Gasteiger partial charge is 0.306 e. The summed E-state index contributed by atoms with van der Waals surface area (Å²) in [5.74, 6) is -1.05. The number of Topliss-reactive ketones (excluding diaryl/α,β-unsaturated/α-hetero) is 1. The van der Waals surface area contributed by atoms with E-state index in [9.17, 15) is 19.6 Å². The van der Waals surface area contributed by atoms with Gasteiger partial charge in [0.05, 0.1) is 12.5 Å². The molecule has 1 fully saturated rings. The summed E-state index contributed by atoms with van der Waals surface area (Å²) < 4.78 is 5.07. The Hall–Kier alpha value is -2.68. The van der Waals surface area contributed by atoms with E-state index in [1.165, 1.54) is 16.0 Å². The van der Waals surface area contributed by atoms with Crippen LogP contribution in [0.3, 0.4) is 0 Å². The van der Waals surface area contributed by atoms with E-state index in [0.717, 1.165) is 38.5 Å². The van der Waals surface area contributed by atoms with Gasteiger partial charge in [-0.3, -0.25) is 14.4 Å². The van der Waals surface area contributed by atoms with Gasteiger partial charge in [-0.05, 0) is 49.3 Å². The summed E-state index contributed by atoms with van der Waals surface area (Å²) >= 11 is 0. The lowest BCUT2D eigenvalue weighted by Crippen LogP contribution is -2.51. The molecule has 0 unspecified atom stereocenters. The predicted octanol–water partition coefficient (Wildman–Crippen LogP) is 3.37. The van der Waals surface area contributed by atoms with Gasteiger partial charge in [0.1, 0.15) is 5.54 Å². The number of aryl methyl sites for hydroxylation is 2. The van der Waals surface area contributed by atoms with E-state index < -0.39 is 18.1 Å². The van der Waals surface area contributed by atoms with Crippen molar-refractivity contribution in [1.29, 1.82) is 5.26 Å². The molecule has 6 nitrogen and oxygen atoms in total. The Balaban J connectivity index is 1.45. The number of esters is 1. The first-order valence-electron chi connectivity index (χ1n) is 10.4.